The van der Waals surface area contributed by atoms with Crippen LogP contribution in [0.3, 0.4) is 0 Å². The molecule has 0 amide bonds. The molecule has 2 saturated carbocycles. The predicted octanol–water partition coefficient (Wildman–Crippen LogP) is 2.17. The summed E-state index contributed by atoms with van der Waals surface area (Å²) >= 11 is 0. The molecule has 0 aromatic carbocycles. The molecule has 0 radical (unpaired) electrons. The van der Waals surface area contributed by atoms with Crippen molar-refractivity contribution in [1.82, 2.24) is 5.32 Å². The lowest BCUT2D eigenvalue weighted by Crippen LogP contribution is -2.30. The minimum Gasteiger partial charge on any atom is -0.313 e. The fourth-order valence-electron chi connectivity index (χ4n) is 3.40. The van der Waals surface area contributed by atoms with Gasteiger partial charge in [-0.1, -0.05) is 12.8 Å². The van der Waals surface area contributed by atoms with Gasteiger partial charge in [-0.3, -0.25) is 0 Å². The van der Waals surface area contributed by atoms with Gasteiger partial charge in [-0.25, -0.2) is 0 Å². The van der Waals surface area contributed by atoms with Crippen LogP contribution in [0.5, 0.6) is 0 Å². The van der Waals surface area contributed by atoms with Crippen LogP contribution in [0, 0.1) is 17.8 Å². The summed E-state index contributed by atoms with van der Waals surface area (Å²) in [6.45, 7) is 1.35. The van der Waals surface area contributed by atoms with Gasteiger partial charge in [-0.15, -0.1) is 0 Å². The third-order valence-electron chi connectivity index (χ3n) is 4.21. The Labute approximate surface area is 74.9 Å². The van der Waals surface area contributed by atoms with E-state index in [2.05, 4.69) is 5.32 Å². The van der Waals surface area contributed by atoms with E-state index in [0.717, 1.165) is 23.8 Å². The second-order valence-corrected chi connectivity index (χ2v) is 4.96. The van der Waals surface area contributed by atoms with Crippen LogP contribution in [0.2, 0.25) is 0 Å². The molecule has 1 aliphatic heterocycles. The molecule has 68 valence electrons. The quantitative estimate of drug-likeness (QED) is 0.628. The first-order valence-electron chi connectivity index (χ1n) is 5.68. The largest absolute Gasteiger partial charge is 0.313 e. The smallest absolute Gasteiger partial charge is 0.00986 e. The lowest BCUT2D eigenvalue weighted by molar-refractivity contribution is 0.257. The highest BCUT2D eigenvalue weighted by Crippen LogP contribution is 2.47. The Kier molecular flexibility index (Phi) is 1.68. The van der Waals surface area contributed by atoms with E-state index < -0.39 is 0 Å². The second-order valence-electron chi connectivity index (χ2n) is 4.96. The highest BCUT2D eigenvalue weighted by molar-refractivity contribution is 4.98. The Hall–Kier alpha value is -0.0400. The van der Waals surface area contributed by atoms with Crippen LogP contribution >= 0.6 is 0 Å². The first-order chi connectivity index (χ1) is 5.95. The maximum Gasteiger partial charge on any atom is 0.00986 e. The Morgan fingerprint density at radius 2 is 1.67 bits per heavy atom. The number of fused-ring (bicyclic) bond motifs is 1. The van der Waals surface area contributed by atoms with Crippen LogP contribution < -0.4 is 5.32 Å². The lowest BCUT2D eigenvalue weighted by atomic mass is 9.78. The molecular formula is C11H19N. The van der Waals surface area contributed by atoms with Gasteiger partial charge in [0.1, 0.15) is 0 Å². The normalized spacial score (nSPS) is 47.5. The van der Waals surface area contributed by atoms with Gasteiger partial charge in [0, 0.05) is 6.04 Å². The van der Waals surface area contributed by atoms with Crippen molar-refractivity contribution in [2.45, 2.75) is 44.6 Å². The maximum absolute atomic E-state index is 3.73. The molecule has 3 aliphatic rings. The number of hydrogen-bond donors (Lipinski definition) is 1. The summed E-state index contributed by atoms with van der Waals surface area (Å²) in [4.78, 5) is 0. The summed E-state index contributed by atoms with van der Waals surface area (Å²) < 4.78 is 0. The van der Waals surface area contributed by atoms with Crippen LogP contribution in [0.4, 0.5) is 0 Å². The van der Waals surface area contributed by atoms with Gasteiger partial charge in [0.15, 0.2) is 0 Å². The van der Waals surface area contributed by atoms with Crippen LogP contribution in [-0.4, -0.2) is 12.6 Å². The molecule has 0 bridgehead atoms. The van der Waals surface area contributed by atoms with Gasteiger partial charge in [0.25, 0.3) is 0 Å². The fourth-order valence-corrected chi connectivity index (χ4v) is 3.40. The van der Waals surface area contributed by atoms with E-state index in [4.69, 9.17) is 0 Å². The van der Waals surface area contributed by atoms with E-state index in [9.17, 15) is 0 Å². The molecular weight excluding hydrogens is 146 g/mol. The molecule has 0 spiro atoms. The Balaban J connectivity index is 1.72. The average Bonchev–Trinajstić information content (AvgIpc) is 2.86. The van der Waals surface area contributed by atoms with E-state index >= 15 is 0 Å². The van der Waals surface area contributed by atoms with Gasteiger partial charge in [-0.05, 0) is 50.0 Å². The van der Waals surface area contributed by atoms with Crippen LogP contribution in [-0.2, 0) is 0 Å². The minimum absolute atomic E-state index is 0.921. The second kappa shape index (κ2) is 2.73. The summed E-state index contributed by atoms with van der Waals surface area (Å²) in [6, 6.07) is 0.921. The summed E-state index contributed by atoms with van der Waals surface area (Å²) in [6.07, 6.45) is 9.05. The van der Waals surface area contributed by atoms with Crippen molar-refractivity contribution in [3.8, 4) is 0 Å². The van der Waals surface area contributed by atoms with Crippen molar-refractivity contribution in [3.05, 3.63) is 0 Å². The van der Waals surface area contributed by atoms with Gasteiger partial charge in [0.05, 0.1) is 0 Å². The number of rotatable bonds is 1. The molecule has 3 fully saturated rings. The zero-order valence-electron chi connectivity index (χ0n) is 7.76. The molecule has 1 nitrogen and oxygen atoms in total. The highest BCUT2D eigenvalue weighted by atomic mass is 15.0. The van der Waals surface area contributed by atoms with Crippen LogP contribution in [0.15, 0.2) is 0 Å². The molecule has 0 aromatic rings. The summed E-state index contributed by atoms with van der Waals surface area (Å²) in [5.41, 5.74) is 0. The van der Waals surface area contributed by atoms with Gasteiger partial charge < -0.3 is 5.32 Å². The minimum atomic E-state index is 0.921. The van der Waals surface area contributed by atoms with Crippen molar-refractivity contribution in [1.29, 1.82) is 0 Å². The zero-order valence-corrected chi connectivity index (χ0v) is 7.76. The fraction of sp³-hybridized carbons (Fsp3) is 1.00. The third-order valence-corrected chi connectivity index (χ3v) is 4.21. The predicted molar refractivity (Wildman–Crippen MR) is 50.0 cm³/mol. The molecule has 0 aromatic heterocycles. The van der Waals surface area contributed by atoms with Crippen LogP contribution in [0.25, 0.3) is 0 Å². The van der Waals surface area contributed by atoms with Gasteiger partial charge >= 0.3 is 0 Å². The standard InChI is InChI=1S/C11H19N/c1-2-4-11-9(3-1)10(7-12-11)8-5-6-8/h8-12H,1-7H2. The van der Waals surface area contributed by atoms with Crippen molar-refractivity contribution in [2.75, 3.05) is 6.54 Å². The van der Waals surface area contributed by atoms with Crippen molar-refractivity contribution in [3.63, 3.8) is 0 Å². The van der Waals surface area contributed by atoms with E-state index in [-0.39, 0.29) is 0 Å². The Bertz CT molecular complexity index is 174. The van der Waals surface area contributed by atoms with E-state index in [1.165, 1.54) is 45.1 Å². The van der Waals surface area contributed by atoms with E-state index in [1.54, 1.807) is 0 Å². The average molecular weight is 165 g/mol. The van der Waals surface area contributed by atoms with E-state index in [1.807, 2.05) is 0 Å². The molecule has 1 N–H and O–H groups in total. The highest BCUT2D eigenvalue weighted by Gasteiger charge is 2.44. The summed E-state index contributed by atoms with van der Waals surface area (Å²) in [5, 5.41) is 3.73. The zero-order chi connectivity index (χ0) is 7.97. The summed E-state index contributed by atoms with van der Waals surface area (Å²) in [7, 11) is 0. The van der Waals surface area contributed by atoms with Crippen molar-refractivity contribution < 1.29 is 0 Å². The molecule has 12 heavy (non-hydrogen) atoms. The number of nitrogens with one attached hydrogen (secondary N) is 1. The molecule has 3 rings (SSSR count). The molecule has 1 heterocycles. The first-order valence-corrected chi connectivity index (χ1v) is 5.68. The third kappa shape index (κ3) is 1.10. The SMILES string of the molecule is C1CCC2C(C1)NCC2C1CC1. The monoisotopic (exact) mass is 165 g/mol. The van der Waals surface area contributed by atoms with Crippen molar-refractivity contribution in [2.24, 2.45) is 17.8 Å². The topological polar surface area (TPSA) is 12.0 Å². The molecule has 3 unspecified atom stereocenters. The molecule has 3 atom stereocenters. The maximum atomic E-state index is 3.73. The van der Waals surface area contributed by atoms with Crippen molar-refractivity contribution >= 4 is 0 Å². The summed E-state index contributed by atoms with van der Waals surface area (Å²) in [5.74, 6) is 3.28. The molecule has 2 aliphatic carbocycles. The Morgan fingerprint density at radius 1 is 0.833 bits per heavy atom. The lowest BCUT2D eigenvalue weighted by Gasteiger charge is -2.28. The Morgan fingerprint density at radius 3 is 2.50 bits per heavy atom. The first kappa shape index (κ1) is 7.37. The molecule has 1 saturated heterocycles. The van der Waals surface area contributed by atoms with Gasteiger partial charge in [0.2, 0.25) is 0 Å². The van der Waals surface area contributed by atoms with Crippen LogP contribution in [0.1, 0.15) is 38.5 Å². The van der Waals surface area contributed by atoms with E-state index in [0.29, 0.717) is 0 Å². The van der Waals surface area contributed by atoms with Gasteiger partial charge in [-0.2, -0.15) is 0 Å². The molecule has 1 heteroatoms. The number of hydrogen-bond acceptors (Lipinski definition) is 1.